The molecule has 146 heavy (non-hydrogen) atoms. The van der Waals surface area contributed by atoms with Gasteiger partial charge >= 0.3 is 0 Å². The van der Waals surface area contributed by atoms with Crippen molar-refractivity contribution in [1.82, 2.24) is 24.9 Å². The number of halogens is 1. The molecule has 25 rings (SSSR count). The van der Waals surface area contributed by atoms with Gasteiger partial charge in [0.1, 0.15) is 46.2 Å². The lowest BCUT2D eigenvalue weighted by Crippen LogP contribution is -2.23. The molecule has 27 heteroatoms. The second kappa shape index (κ2) is 40.2. The second-order valence-electron chi connectivity index (χ2n) is 38.5. The van der Waals surface area contributed by atoms with E-state index in [1.54, 1.807) is 82.1 Å². The highest BCUT2D eigenvalue weighted by Crippen LogP contribution is 2.57. The molecule has 0 radical (unpaired) electrons. The Kier molecular flexibility index (Phi) is 26.4. The number of ketones is 5. The number of nitrogens with zero attached hydrogens (tertiary/aromatic N) is 6. The molecule has 0 N–H and O–H groups in total. The number of fused-ring (bicyclic) bond motifs is 5. The van der Waals surface area contributed by atoms with Crippen LogP contribution in [-0.2, 0) is 93.0 Å². The van der Waals surface area contributed by atoms with Crippen LogP contribution in [0.25, 0.3) is 50.3 Å². The maximum absolute atomic E-state index is 13.6. The van der Waals surface area contributed by atoms with E-state index in [1.807, 2.05) is 194 Å². The molecule has 0 atom stereocenters. The smallest absolute Gasteiger partial charge is 0.231 e. The van der Waals surface area contributed by atoms with E-state index in [-0.39, 0.29) is 91.9 Å². The van der Waals surface area contributed by atoms with Gasteiger partial charge in [0.15, 0.2) is 67.3 Å². The van der Waals surface area contributed by atoms with Crippen LogP contribution in [0.15, 0.2) is 278 Å². The summed E-state index contributed by atoms with van der Waals surface area (Å²) < 4.78 is 102. The zero-order valence-corrected chi connectivity index (χ0v) is 81.8. The minimum absolute atomic E-state index is 0.157. The van der Waals surface area contributed by atoms with Gasteiger partial charge in [-0.3, -0.25) is 48.9 Å². The number of Topliss-reactive ketones (excluding diaryl/α,β-unsaturated/α-hetero) is 5. The minimum Gasteiger partial charge on any atom is -0.497 e. The number of rotatable bonds is 28. The molecule has 10 heterocycles. The summed E-state index contributed by atoms with van der Waals surface area (Å²) in [6.07, 6.45) is 22.4. The SMILES string of the molecule is COc1ccc(OC)c(-c2ccc(CC(=O)C3(c4ccc5c(c4)OCO5)CC3)nc2)c1.CS(=O)(=O)c1ccc(-c2ccc(CC(=O)C3(c4ccc5c(c4)OCO5)CC3)nc2)cc1.Cc1cc(-c2cccc(CC(=O)C3(c4ccc5c(c4)OCO5)CC3)n2)ccc1F.N#Cc1ccc(-c2cccc(CC(=O)C3(c4ccc5c(c4)OCO5)CC3)n2)cc1.O=C(Cc1ccc(C2=CCCC2)cn1)C1(c2ccc3c(c2)OCO3)CC1. The van der Waals surface area contributed by atoms with Gasteiger partial charge in [-0.15, -0.1) is 0 Å². The number of benzene rings is 9. The van der Waals surface area contributed by atoms with Gasteiger partial charge in [-0.25, -0.2) is 12.8 Å². The number of methoxy groups -OCH3 is 2. The number of sulfone groups is 1. The van der Waals surface area contributed by atoms with Gasteiger partial charge in [0.25, 0.3) is 0 Å². The maximum Gasteiger partial charge on any atom is 0.231 e. The summed E-state index contributed by atoms with van der Waals surface area (Å²) in [4.78, 5) is 88.9. The summed E-state index contributed by atoms with van der Waals surface area (Å²) >= 11 is 0. The van der Waals surface area contributed by atoms with Crippen LogP contribution in [0.3, 0.4) is 0 Å². The molecule has 5 fully saturated rings. The molecule has 11 aliphatic rings. The first-order valence-electron chi connectivity index (χ1n) is 48.9. The molecular weight excluding hydrogens is 1870 g/mol. The number of hydrogen-bond acceptors (Lipinski definition) is 25. The number of ether oxygens (including phenoxy) is 12. The fourth-order valence-corrected chi connectivity index (χ4v) is 20.5. The van der Waals surface area contributed by atoms with Crippen molar-refractivity contribution in [3.8, 4) is 120 Å². The lowest BCUT2D eigenvalue weighted by atomic mass is 9.88. The fraction of sp³-hybridized carbons (Fsp3) is 0.269. The Morgan fingerprint density at radius 2 is 0.726 bits per heavy atom. The summed E-state index contributed by atoms with van der Waals surface area (Å²) in [5.74, 6) is 9.41. The molecule has 0 unspecified atom stereocenters. The van der Waals surface area contributed by atoms with Crippen molar-refractivity contribution < 1.29 is 93.6 Å². The fourth-order valence-electron chi connectivity index (χ4n) is 19.9. The van der Waals surface area contributed by atoms with E-state index in [0.717, 1.165) is 213 Å². The molecule has 5 aromatic heterocycles. The summed E-state index contributed by atoms with van der Waals surface area (Å²) in [6, 6.07) is 78.8. The van der Waals surface area contributed by atoms with Crippen molar-refractivity contribution >= 4 is 44.3 Å². The van der Waals surface area contributed by atoms with Crippen LogP contribution < -0.4 is 56.8 Å². The molecule has 5 aliphatic heterocycles. The summed E-state index contributed by atoms with van der Waals surface area (Å²) in [7, 11) is 0.0429. The van der Waals surface area contributed by atoms with E-state index in [9.17, 15) is 36.8 Å². The number of allylic oxidation sites excluding steroid dienone is 2. The van der Waals surface area contributed by atoms with E-state index in [4.69, 9.17) is 62.1 Å². The summed E-state index contributed by atoms with van der Waals surface area (Å²) in [6.45, 7) is 2.88. The normalized spacial score (nSPS) is 16.4. The van der Waals surface area contributed by atoms with E-state index < -0.39 is 31.5 Å². The Hall–Kier alpha value is -16.2. The van der Waals surface area contributed by atoms with Gasteiger partial charge in [-0.05, 0) is 304 Å². The largest absolute Gasteiger partial charge is 0.497 e. The van der Waals surface area contributed by atoms with Gasteiger partial charge in [0.05, 0.1) is 69.2 Å². The number of pyridine rings is 5. The Morgan fingerprint density at radius 3 is 1.07 bits per heavy atom. The molecule has 0 saturated heterocycles. The van der Waals surface area contributed by atoms with E-state index in [2.05, 4.69) is 43.1 Å². The average molecular weight is 1970 g/mol. The van der Waals surface area contributed by atoms with E-state index in [1.165, 1.54) is 29.9 Å². The van der Waals surface area contributed by atoms with Crippen LogP contribution in [0.1, 0.15) is 156 Å². The number of aryl methyl sites for hydroxylation is 1. The molecular formula is C119H103FN6O19S. The summed E-state index contributed by atoms with van der Waals surface area (Å²) in [5.41, 5.74) is 17.3. The number of hydrogen-bond donors (Lipinski definition) is 0. The molecule has 0 amide bonds. The molecule has 14 aromatic rings. The van der Waals surface area contributed by atoms with Crippen molar-refractivity contribution in [1.29, 1.82) is 5.26 Å². The van der Waals surface area contributed by atoms with Crippen molar-refractivity contribution in [3.63, 3.8) is 0 Å². The highest BCUT2D eigenvalue weighted by molar-refractivity contribution is 7.90. The second-order valence-corrected chi connectivity index (χ2v) is 40.5. The number of carbonyl (C=O) groups excluding carboxylic acids is 5. The number of nitriles is 1. The Morgan fingerprint density at radius 1 is 0.370 bits per heavy atom. The van der Waals surface area contributed by atoms with Crippen LogP contribution in [0.2, 0.25) is 0 Å². The third-order valence-corrected chi connectivity index (χ3v) is 30.5. The van der Waals surface area contributed by atoms with E-state index >= 15 is 0 Å². The highest BCUT2D eigenvalue weighted by Gasteiger charge is 2.55. The van der Waals surface area contributed by atoms with Crippen molar-refractivity contribution in [3.05, 3.63) is 352 Å². The van der Waals surface area contributed by atoms with Crippen LogP contribution in [0, 0.1) is 24.1 Å². The van der Waals surface area contributed by atoms with Crippen molar-refractivity contribution in [2.45, 2.75) is 154 Å². The lowest BCUT2D eigenvalue weighted by molar-refractivity contribution is -0.121. The van der Waals surface area contributed by atoms with E-state index in [0.29, 0.717) is 64.8 Å². The standard InChI is InChI=1S/C25H23NO5.C24H20FNO3.C24H18N2O3.C24H21NO5S.C22H21NO3/c1-28-19-6-8-21(29-2)20(13-19)16-3-5-18(26-14-16)12-24(27)25(9-10-25)17-4-7-22-23(11-17)31-15-30-22;1-15-11-16(5-7-19(15)25)20-4-2-3-18(26-20)13-23(27)24(9-10-24)17-6-8-21-22(12-17)29-14-28-21;25-14-16-4-6-17(7-5-16)20-3-1-2-19(26-20)13-23(27)24(10-11-24)18-8-9-21-22(12-18)29-15-28-21;1-31(27,28)20-7-3-16(4-8-20)17-2-6-19(25-14-17)13-23(26)24(10-11-24)18-5-9-21-22(12-18)30-15-29-21;24-21(12-18-7-5-16(13-23-18)15-3-1-2-4-15)22(9-10-22)17-6-8-19-20(11-17)26-14-25-19/h3-8,11,13-14H,9-10,12,15H2,1-2H3;2-8,11-12H,9-10,13-14H2,1H3;1-9,12H,10-11,13,15H2;2-9,12,14H,10-11,13,15H2,1H3;3,5-8,11,13H,1-2,4,9-10,12,14H2. The molecule has 9 aromatic carbocycles. The number of aromatic nitrogens is 5. The van der Waals surface area contributed by atoms with Gasteiger partial charge in [-0.2, -0.15) is 5.26 Å². The molecule has 0 spiro atoms. The Balaban J connectivity index is 0.000000107. The first-order valence-corrected chi connectivity index (χ1v) is 50.8. The van der Waals surface area contributed by atoms with Crippen molar-refractivity contribution in [2.75, 3.05) is 54.4 Å². The van der Waals surface area contributed by atoms with Gasteiger partial charge < -0.3 is 56.8 Å². The Labute approximate surface area is 843 Å². The predicted octanol–water partition coefficient (Wildman–Crippen LogP) is 21.2. The maximum atomic E-state index is 13.6. The van der Waals surface area contributed by atoms with Crippen LogP contribution >= 0.6 is 0 Å². The molecule has 5 saturated carbocycles. The van der Waals surface area contributed by atoms with Gasteiger partial charge in [0.2, 0.25) is 34.0 Å². The predicted molar refractivity (Wildman–Crippen MR) is 541 cm³/mol. The molecule has 25 nitrogen and oxygen atoms in total. The van der Waals surface area contributed by atoms with Crippen LogP contribution in [0.5, 0.6) is 69.0 Å². The minimum atomic E-state index is -3.22. The first-order chi connectivity index (χ1) is 70.9. The topological polar surface area (TPSA) is 318 Å². The summed E-state index contributed by atoms with van der Waals surface area (Å²) in [5, 5.41) is 8.95. The van der Waals surface area contributed by atoms with Crippen LogP contribution in [-0.4, -0.2) is 117 Å². The van der Waals surface area contributed by atoms with Crippen molar-refractivity contribution in [2.24, 2.45) is 0 Å². The lowest BCUT2D eigenvalue weighted by Gasteiger charge is -2.15. The quantitative estimate of drug-likeness (QED) is 0.0440. The van der Waals surface area contributed by atoms with Crippen LogP contribution in [0.4, 0.5) is 4.39 Å². The average Bonchev–Trinajstić information content (AvgIpc) is 1.61. The van der Waals surface area contributed by atoms with Gasteiger partial charge in [0, 0.05) is 113 Å². The zero-order valence-electron chi connectivity index (χ0n) is 81.0. The molecule has 0 bridgehead atoms. The third-order valence-electron chi connectivity index (χ3n) is 29.3. The molecule has 6 aliphatic carbocycles. The highest BCUT2D eigenvalue weighted by atomic mass is 32.2. The zero-order chi connectivity index (χ0) is 100. The molecule has 736 valence electrons. The van der Waals surface area contributed by atoms with Gasteiger partial charge in [-0.1, -0.05) is 91.0 Å². The Bertz CT molecular complexity index is 7640. The third kappa shape index (κ3) is 20.2. The number of carbonyl (C=O) groups is 5. The first kappa shape index (κ1) is 95.9. The monoisotopic (exact) mass is 1970 g/mol.